The number of pyridine rings is 1. The zero-order valence-corrected chi connectivity index (χ0v) is 11.0. The van der Waals surface area contributed by atoms with Crippen LogP contribution in [0.15, 0.2) is 42.5 Å². The van der Waals surface area contributed by atoms with Gasteiger partial charge in [0.1, 0.15) is 6.61 Å². The molecular weight excluding hydrogens is 240 g/mol. The summed E-state index contributed by atoms with van der Waals surface area (Å²) in [5.41, 5.74) is 2.37. The molecule has 0 saturated carbocycles. The highest BCUT2D eigenvalue weighted by Crippen LogP contribution is 2.14. The summed E-state index contributed by atoms with van der Waals surface area (Å²) >= 11 is 0. The van der Waals surface area contributed by atoms with Crippen LogP contribution in [0.1, 0.15) is 21.6 Å². The summed E-state index contributed by atoms with van der Waals surface area (Å²) in [5, 5.41) is 2.59. The first-order valence-corrected chi connectivity index (χ1v) is 6.06. The van der Waals surface area contributed by atoms with E-state index in [-0.39, 0.29) is 5.91 Å². The van der Waals surface area contributed by atoms with Gasteiger partial charge in [-0.25, -0.2) is 4.98 Å². The van der Waals surface area contributed by atoms with Crippen LogP contribution in [0.2, 0.25) is 0 Å². The highest BCUT2D eigenvalue weighted by molar-refractivity contribution is 5.94. The number of amides is 1. The molecule has 2 rings (SSSR count). The Morgan fingerprint density at radius 2 is 2.00 bits per heavy atom. The average molecular weight is 256 g/mol. The molecule has 0 aliphatic carbocycles. The number of ether oxygens (including phenoxy) is 1. The van der Waals surface area contributed by atoms with Crippen molar-refractivity contribution in [1.29, 1.82) is 0 Å². The molecule has 0 atom stereocenters. The first kappa shape index (κ1) is 13.1. The third-order valence-electron chi connectivity index (χ3n) is 2.65. The molecule has 98 valence electrons. The molecule has 1 N–H and O–H groups in total. The molecule has 0 unspecified atom stereocenters. The fourth-order valence-electron chi connectivity index (χ4n) is 1.72. The molecule has 0 aliphatic rings. The van der Waals surface area contributed by atoms with Crippen molar-refractivity contribution < 1.29 is 9.53 Å². The summed E-state index contributed by atoms with van der Waals surface area (Å²) in [4.78, 5) is 15.9. The predicted octanol–water partition coefficient (Wildman–Crippen LogP) is 2.33. The Labute approximate surface area is 112 Å². The molecule has 0 bridgehead atoms. The van der Waals surface area contributed by atoms with Crippen molar-refractivity contribution >= 4 is 5.91 Å². The van der Waals surface area contributed by atoms with E-state index in [1.54, 1.807) is 19.2 Å². The van der Waals surface area contributed by atoms with Gasteiger partial charge in [-0.05, 0) is 18.6 Å². The number of hydrogen-bond acceptors (Lipinski definition) is 3. The maximum Gasteiger partial charge on any atom is 0.251 e. The van der Waals surface area contributed by atoms with E-state index >= 15 is 0 Å². The van der Waals surface area contributed by atoms with E-state index in [4.69, 9.17) is 4.74 Å². The van der Waals surface area contributed by atoms with Crippen molar-refractivity contribution in [3.8, 4) is 5.88 Å². The van der Waals surface area contributed by atoms with Crippen LogP contribution in [-0.4, -0.2) is 17.9 Å². The van der Waals surface area contributed by atoms with Crippen LogP contribution in [0.3, 0.4) is 0 Å². The standard InChI is InChI=1S/C15H16N2O2/c1-11-8-13(15(18)16-2)9-14(17-11)19-10-12-6-4-3-5-7-12/h3-9H,10H2,1-2H3,(H,16,18). The van der Waals surface area contributed by atoms with E-state index in [1.807, 2.05) is 37.3 Å². The van der Waals surface area contributed by atoms with E-state index in [9.17, 15) is 4.79 Å². The molecule has 0 fully saturated rings. The Morgan fingerprint density at radius 3 is 2.68 bits per heavy atom. The van der Waals surface area contributed by atoms with Gasteiger partial charge in [0.05, 0.1) is 0 Å². The monoisotopic (exact) mass is 256 g/mol. The minimum absolute atomic E-state index is 0.143. The third-order valence-corrected chi connectivity index (χ3v) is 2.65. The van der Waals surface area contributed by atoms with Crippen LogP contribution in [0.5, 0.6) is 5.88 Å². The molecule has 0 radical (unpaired) electrons. The molecule has 0 spiro atoms. The second-order valence-corrected chi connectivity index (χ2v) is 4.19. The molecular formula is C15H16N2O2. The topological polar surface area (TPSA) is 51.2 Å². The summed E-state index contributed by atoms with van der Waals surface area (Å²) in [7, 11) is 1.60. The number of nitrogens with zero attached hydrogens (tertiary/aromatic N) is 1. The molecule has 0 saturated heterocycles. The van der Waals surface area contributed by atoms with Gasteiger partial charge in [0.25, 0.3) is 5.91 Å². The lowest BCUT2D eigenvalue weighted by Gasteiger charge is -2.08. The lowest BCUT2D eigenvalue weighted by molar-refractivity contribution is 0.0962. The lowest BCUT2D eigenvalue weighted by atomic mass is 10.2. The second-order valence-electron chi connectivity index (χ2n) is 4.19. The zero-order chi connectivity index (χ0) is 13.7. The van der Waals surface area contributed by atoms with Crippen LogP contribution in [0, 0.1) is 6.92 Å². The third kappa shape index (κ3) is 3.55. The molecule has 1 aromatic heterocycles. The van der Waals surface area contributed by atoms with Crippen LogP contribution in [0.25, 0.3) is 0 Å². The summed E-state index contributed by atoms with van der Waals surface area (Å²) in [5.74, 6) is 0.317. The Bertz CT molecular complexity index is 568. The number of carbonyl (C=O) groups is 1. The average Bonchev–Trinajstić information content (AvgIpc) is 2.45. The Morgan fingerprint density at radius 1 is 1.26 bits per heavy atom. The number of hydrogen-bond donors (Lipinski definition) is 1. The van der Waals surface area contributed by atoms with Gasteiger partial charge in [-0.2, -0.15) is 0 Å². The smallest absolute Gasteiger partial charge is 0.251 e. The van der Waals surface area contributed by atoms with Gasteiger partial charge in [-0.1, -0.05) is 30.3 Å². The van der Waals surface area contributed by atoms with E-state index in [2.05, 4.69) is 10.3 Å². The van der Waals surface area contributed by atoms with Crippen molar-refractivity contribution in [3.63, 3.8) is 0 Å². The van der Waals surface area contributed by atoms with Gasteiger partial charge < -0.3 is 10.1 Å². The summed E-state index contributed by atoms with van der Waals surface area (Å²) in [6.07, 6.45) is 0. The molecule has 0 aliphatic heterocycles. The highest BCUT2D eigenvalue weighted by Gasteiger charge is 2.07. The zero-order valence-electron chi connectivity index (χ0n) is 11.0. The van der Waals surface area contributed by atoms with Gasteiger partial charge in [0.15, 0.2) is 0 Å². The van der Waals surface area contributed by atoms with Gasteiger partial charge in [-0.15, -0.1) is 0 Å². The normalized spacial score (nSPS) is 10.0. The first-order chi connectivity index (χ1) is 9.19. The van der Waals surface area contributed by atoms with Crippen LogP contribution in [-0.2, 0) is 6.61 Å². The highest BCUT2D eigenvalue weighted by atomic mass is 16.5. The van der Waals surface area contributed by atoms with Gasteiger partial charge in [-0.3, -0.25) is 4.79 Å². The van der Waals surface area contributed by atoms with Gasteiger partial charge in [0, 0.05) is 24.4 Å². The quantitative estimate of drug-likeness (QED) is 0.913. The Hall–Kier alpha value is -2.36. The molecule has 19 heavy (non-hydrogen) atoms. The van der Waals surface area contributed by atoms with Gasteiger partial charge in [0.2, 0.25) is 5.88 Å². The molecule has 4 heteroatoms. The second kappa shape index (κ2) is 6.00. The van der Waals surface area contributed by atoms with Crippen LogP contribution < -0.4 is 10.1 Å². The number of rotatable bonds is 4. The molecule has 1 heterocycles. The van der Waals surface area contributed by atoms with Crippen molar-refractivity contribution in [3.05, 3.63) is 59.3 Å². The van der Waals surface area contributed by atoms with Crippen molar-refractivity contribution in [2.45, 2.75) is 13.5 Å². The molecule has 1 aromatic carbocycles. The Balaban J connectivity index is 2.12. The number of aryl methyl sites for hydroxylation is 1. The van der Waals surface area contributed by atoms with Crippen molar-refractivity contribution in [2.75, 3.05) is 7.05 Å². The van der Waals surface area contributed by atoms with E-state index in [0.717, 1.165) is 11.3 Å². The lowest BCUT2D eigenvalue weighted by Crippen LogP contribution is -2.18. The SMILES string of the molecule is CNC(=O)c1cc(C)nc(OCc2ccccc2)c1. The fourth-order valence-corrected chi connectivity index (χ4v) is 1.72. The summed E-state index contributed by atoms with van der Waals surface area (Å²) < 4.78 is 5.62. The van der Waals surface area contributed by atoms with E-state index < -0.39 is 0 Å². The maximum absolute atomic E-state index is 11.6. The Kier molecular flexibility index (Phi) is 4.13. The maximum atomic E-state index is 11.6. The number of nitrogens with one attached hydrogen (secondary N) is 1. The minimum Gasteiger partial charge on any atom is -0.473 e. The first-order valence-electron chi connectivity index (χ1n) is 6.06. The minimum atomic E-state index is -0.143. The number of benzene rings is 1. The van der Waals surface area contributed by atoms with Crippen LogP contribution >= 0.6 is 0 Å². The number of aromatic nitrogens is 1. The van der Waals surface area contributed by atoms with Crippen LogP contribution in [0.4, 0.5) is 0 Å². The van der Waals surface area contributed by atoms with Crippen molar-refractivity contribution in [2.24, 2.45) is 0 Å². The molecule has 2 aromatic rings. The fraction of sp³-hybridized carbons (Fsp3) is 0.200. The number of carbonyl (C=O) groups excluding carboxylic acids is 1. The summed E-state index contributed by atoms with van der Waals surface area (Å²) in [6, 6.07) is 13.2. The van der Waals surface area contributed by atoms with Gasteiger partial charge >= 0.3 is 0 Å². The van der Waals surface area contributed by atoms with Crippen molar-refractivity contribution in [1.82, 2.24) is 10.3 Å². The van der Waals surface area contributed by atoms with E-state index in [1.165, 1.54) is 0 Å². The molecule has 4 nitrogen and oxygen atoms in total. The molecule has 1 amide bonds. The predicted molar refractivity (Wildman–Crippen MR) is 73.1 cm³/mol. The summed E-state index contributed by atoms with van der Waals surface area (Å²) in [6.45, 7) is 2.27. The largest absolute Gasteiger partial charge is 0.473 e. The van der Waals surface area contributed by atoms with E-state index in [0.29, 0.717) is 18.1 Å².